The van der Waals surface area contributed by atoms with E-state index in [2.05, 4.69) is 17.6 Å². The van der Waals surface area contributed by atoms with Gasteiger partial charge in [0.25, 0.3) is 0 Å². The monoisotopic (exact) mass is 278 g/mol. The van der Waals surface area contributed by atoms with Gasteiger partial charge in [-0.15, -0.1) is 0 Å². The molecule has 112 valence electrons. The predicted molar refractivity (Wildman–Crippen MR) is 80.5 cm³/mol. The molecule has 0 aromatic heterocycles. The van der Waals surface area contributed by atoms with Gasteiger partial charge in [-0.1, -0.05) is 12.1 Å². The van der Waals surface area contributed by atoms with Crippen LogP contribution in [0.3, 0.4) is 0 Å². The molecule has 4 heteroatoms. The molecule has 2 atom stereocenters. The second kappa shape index (κ2) is 8.25. The number of hydrazine groups is 1. The van der Waals surface area contributed by atoms with Gasteiger partial charge in [0.1, 0.15) is 5.75 Å². The van der Waals surface area contributed by atoms with Crippen LogP contribution in [-0.2, 0) is 4.74 Å². The Kier molecular flexibility index (Phi) is 6.30. The topological polar surface area (TPSA) is 56.5 Å². The van der Waals surface area contributed by atoms with Crippen molar-refractivity contribution in [2.75, 3.05) is 13.2 Å². The summed E-state index contributed by atoms with van der Waals surface area (Å²) in [5.41, 5.74) is 4.10. The average Bonchev–Trinajstić information content (AvgIpc) is 2.97. The van der Waals surface area contributed by atoms with Crippen LogP contribution in [0.1, 0.15) is 50.6 Å². The SMILES string of the molecule is CCOc1cccc(C(CCCC2CCCO2)NN)c1. The molecule has 1 heterocycles. The fourth-order valence-corrected chi connectivity index (χ4v) is 2.76. The molecule has 20 heavy (non-hydrogen) atoms. The highest BCUT2D eigenvalue weighted by molar-refractivity contribution is 5.30. The predicted octanol–water partition coefficient (Wildman–Crippen LogP) is 2.94. The highest BCUT2D eigenvalue weighted by Gasteiger charge is 2.16. The van der Waals surface area contributed by atoms with Crippen molar-refractivity contribution in [3.8, 4) is 5.75 Å². The van der Waals surface area contributed by atoms with Gasteiger partial charge in [-0.3, -0.25) is 11.3 Å². The summed E-state index contributed by atoms with van der Waals surface area (Å²) in [7, 11) is 0. The molecule has 2 unspecified atom stereocenters. The molecular weight excluding hydrogens is 252 g/mol. The molecule has 0 bridgehead atoms. The van der Waals surface area contributed by atoms with Crippen LogP contribution in [0.15, 0.2) is 24.3 Å². The van der Waals surface area contributed by atoms with Crippen molar-refractivity contribution in [1.29, 1.82) is 0 Å². The third-order valence-corrected chi connectivity index (χ3v) is 3.82. The van der Waals surface area contributed by atoms with Crippen molar-refractivity contribution in [1.82, 2.24) is 5.43 Å². The minimum atomic E-state index is 0.178. The summed E-state index contributed by atoms with van der Waals surface area (Å²) in [6.07, 6.45) is 6.15. The second-order valence-corrected chi connectivity index (χ2v) is 5.29. The normalized spacial score (nSPS) is 20.0. The summed E-state index contributed by atoms with van der Waals surface area (Å²) < 4.78 is 11.2. The molecule has 0 radical (unpaired) electrons. The first-order chi connectivity index (χ1) is 9.83. The molecule has 1 fully saturated rings. The maximum atomic E-state index is 5.70. The highest BCUT2D eigenvalue weighted by atomic mass is 16.5. The third-order valence-electron chi connectivity index (χ3n) is 3.82. The van der Waals surface area contributed by atoms with Crippen LogP contribution in [-0.4, -0.2) is 19.3 Å². The van der Waals surface area contributed by atoms with Crippen LogP contribution in [0.4, 0.5) is 0 Å². The van der Waals surface area contributed by atoms with Gasteiger partial charge in [0.15, 0.2) is 0 Å². The number of ether oxygens (including phenoxy) is 2. The van der Waals surface area contributed by atoms with E-state index in [0.717, 1.165) is 31.6 Å². The number of hydrogen-bond donors (Lipinski definition) is 2. The van der Waals surface area contributed by atoms with Crippen molar-refractivity contribution >= 4 is 0 Å². The first-order valence-corrected chi connectivity index (χ1v) is 7.64. The fraction of sp³-hybridized carbons (Fsp3) is 0.625. The minimum Gasteiger partial charge on any atom is -0.494 e. The van der Waals surface area contributed by atoms with Gasteiger partial charge in [-0.25, -0.2) is 0 Å². The Hall–Kier alpha value is -1.10. The summed E-state index contributed by atoms with van der Waals surface area (Å²) in [5, 5.41) is 0. The van der Waals surface area contributed by atoms with E-state index >= 15 is 0 Å². The summed E-state index contributed by atoms with van der Waals surface area (Å²) in [4.78, 5) is 0. The molecule has 3 N–H and O–H groups in total. The van der Waals surface area contributed by atoms with Crippen molar-refractivity contribution in [3.63, 3.8) is 0 Å². The standard InChI is InChI=1S/C16H26N2O2/c1-2-19-15-8-3-6-13(12-15)16(18-17)10-4-7-14-9-5-11-20-14/h3,6,8,12,14,16,18H,2,4-5,7,9-11,17H2,1H3. The van der Waals surface area contributed by atoms with Gasteiger partial charge in [-0.05, 0) is 56.7 Å². The van der Waals surface area contributed by atoms with E-state index in [1.165, 1.54) is 18.4 Å². The number of nitrogens with one attached hydrogen (secondary N) is 1. The summed E-state index contributed by atoms with van der Waals surface area (Å²) >= 11 is 0. The van der Waals surface area contributed by atoms with Crippen LogP contribution in [0, 0.1) is 0 Å². The molecule has 1 saturated heterocycles. The molecular formula is C16H26N2O2. The van der Waals surface area contributed by atoms with Gasteiger partial charge in [0.05, 0.1) is 12.7 Å². The zero-order valence-corrected chi connectivity index (χ0v) is 12.3. The van der Waals surface area contributed by atoms with Crippen LogP contribution < -0.4 is 16.0 Å². The summed E-state index contributed by atoms with van der Waals surface area (Å²) in [5.74, 6) is 6.61. The first kappa shape index (κ1) is 15.3. The van der Waals surface area contributed by atoms with Gasteiger partial charge in [0, 0.05) is 12.6 Å². The fourth-order valence-electron chi connectivity index (χ4n) is 2.76. The third kappa shape index (κ3) is 4.47. The van der Waals surface area contributed by atoms with E-state index in [9.17, 15) is 0 Å². The van der Waals surface area contributed by atoms with E-state index in [-0.39, 0.29) is 6.04 Å². The van der Waals surface area contributed by atoms with Gasteiger partial charge < -0.3 is 9.47 Å². The van der Waals surface area contributed by atoms with Crippen molar-refractivity contribution in [2.45, 2.75) is 51.2 Å². The van der Waals surface area contributed by atoms with Crippen LogP contribution in [0.2, 0.25) is 0 Å². The zero-order chi connectivity index (χ0) is 14.2. The number of rotatable bonds is 8. The number of nitrogens with two attached hydrogens (primary N) is 1. The lowest BCUT2D eigenvalue weighted by molar-refractivity contribution is 0.101. The van der Waals surface area contributed by atoms with E-state index in [1.54, 1.807) is 0 Å². The zero-order valence-electron chi connectivity index (χ0n) is 12.3. The summed E-state index contributed by atoms with van der Waals surface area (Å²) in [6, 6.07) is 8.34. The summed E-state index contributed by atoms with van der Waals surface area (Å²) in [6.45, 7) is 3.61. The van der Waals surface area contributed by atoms with Gasteiger partial charge in [0.2, 0.25) is 0 Å². The maximum Gasteiger partial charge on any atom is 0.119 e. The molecule has 0 saturated carbocycles. The molecule has 4 nitrogen and oxygen atoms in total. The Balaban J connectivity index is 1.84. The van der Waals surface area contributed by atoms with Crippen molar-refractivity contribution in [2.24, 2.45) is 5.84 Å². The maximum absolute atomic E-state index is 5.70. The van der Waals surface area contributed by atoms with E-state index in [0.29, 0.717) is 12.7 Å². The van der Waals surface area contributed by atoms with Gasteiger partial charge in [-0.2, -0.15) is 0 Å². The Morgan fingerprint density at radius 1 is 1.50 bits per heavy atom. The lowest BCUT2D eigenvalue weighted by Gasteiger charge is -2.18. The van der Waals surface area contributed by atoms with Crippen LogP contribution in [0.5, 0.6) is 5.75 Å². The van der Waals surface area contributed by atoms with Crippen LogP contribution >= 0.6 is 0 Å². The van der Waals surface area contributed by atoms with Crippen molar-refractivity contribution < 1.29 is 9.47 Å². The van der Waals surface area contributed by atoms with E-state index in [1.807, 2.05) is 19.1 Å². The van der Waals surface area contributed by atoms with Crippen molar-refractivity contribution in [3.05, 3.63) is 29.8 Å². The molecule has 1 aromatic rings. The average molecular weight is 278 g/mol. The Labute approximate surface area is 121 Å². The van der Waals surface area contributed by atoms with E-state index in [4.69, 9.17) is 15.3 Å². The largest absolute Gasteiger partial charge is 0.494 e. The molecule has 1 aliphatic heterocycles. The quantitative estimate of drug-likeness (QED) is 0.567. The lowest BCUT2D eigenvalue weighted by atomic mass is 9.99. The first-order valence-electron chi connectivity index (χ1n) is 7.64. The van der Waals surface area contributed by atoms with Crippen LogP contribution in [0.25, 0.3) is 0 Å². The Morgan fingerprint density at radius 2 is 2.40 bits per heavy atom. The van der Waals surface area contributed by atoms with E-state index < -0.39 is 0 Å². The number of hydrogen-bond acceptors (Lipinski definition) is 4. The smallest absolute Gasteiger partial charge is 0.119 e. The lowest BCUT2D eigenvalue weighted by Crippen LogP contribution is -2.28. The Bertz CT molecular complexity index is 392. The molecule has 1 aliphatic rings. The number of benzene rings is 1. The second-order valence-electron chi connectivity index (χ2n) is 5.29. The Morgan fingerprint density at radius 3 is 3.10 bits per heavy atom. The van der Waals surface area contributed by atoms with Gasteiger partial charge >= 0.3 is 0 Å². The molecule has 1 aromatic carbocycles. The molecule has 0 spiro atoms. The molecule has 0 aliphatic carbocycles. The minimum absolute atomic E-state index is 0.178. The highest BCUT2D eigenvalue weighted by Crippen LogP contribution is 2.25. The molecule has 0 amide bonds. The molecule has 2 rings (SSSR count).